The van der Waals surface area contributed by atoms with E-state index in [0.29, 0.717) is 12.6 Å². The standard InChI is InChI=1S/C17H24F3N5O3.HI/c1-17(2,3)28-16(27)23-8-7-22-15(21-4)24-9-12(26)25-11-6-5-10(18)13(19)14(11)20;/h5-6H,7-9H2,1-4H3,(H,23,27)(H,25,26)(H2,21,22,24);1H. The molecule has 0 aliphatic rings. The molecule has 4 N–H and O–H groups in total. The Hall–Kier alpha value is -2.25. The molecule has 29 heavy (non-hydrogen) atoms. The predicted molar refractivity (Wildman–Crippen MR) is 114 cm³/mol. The summed E-state index contributed by atoms with van der Waals surface area (Å²) in [5, 5.41) is 10.2. The summed E-state index contributed by atoms with van der Waals surface area (Å²) in [5.74, 6) is -4.95. The van der Waals surface area contributed by atoms with Crippen LogP contribution in [0, 0.1) is 17.5 Å². The summed E-state index contributed by atoms with van der Waals surface area (Å²) in [4.78, 5) is 27.2. The van der Waals surface area contributed by atoms with Gasteiger partial charge in [-0.3, -0.25) is 9.79 Å². The first kappa shape index (κ1) is 26.8. The van der Waals surface area contributed by atoms with Crippen molar-refractivity contribution >= 4 is 47.6 Å². The van der Waals surface area contributed by atoms with Crippen LogP contribution in [0.15, 0.2) is 17.1 Å². The zero-order valence-corrected chi connectivity index (χ0v) is 18.8. The molecule has 0 spiro atoms. The van der Waals surface area contributed by atoms with Gasteiger partial charge in [0, 0.05) is 20.1 Å². The van der Waals surface area contributed by atoms with Crippen molar-refractivity contribution in [1.29, 1.82) is 0 Å². The molecule has 1 aromatic rings. The molecule has 12 heteroatoms. The molecule has 1 rings (SSSR count). The number of anilines is 1. The number of halogens is 4. The summed E-state index contributed by atoms with van der Waals surface area (Å²) in [6.07, 6.45) is -0.565. The van der Waals surface area contributed by atoms with E-state index in [1.165, 1.54) is 7.05 Å². The zero-order chi connectivity index (χ0) is 21.3. The van der Waals surface area contributed by atoms with Crippen LogP contribution in [0.25, 0.3) is 0 Å². The maximum Gasteiger partial charge on any atom is 0.407 e. The van der Waals surface area contributed by atoms with Crippen molar-refractivity contribution in [3.05, 3.63) is 29.6 Å². The third-order valence-corrected chi connectivity index (χ3v) is 3.03. The smallest absolute Gasteiger partial charge is 0.407 e. The number of amides is 2. The molecule has 0 atom stereocenters. The lowest BCUT2D eigenvalue weighted by Crippen LogP contribution is -2.44. The van der Waals surface area contributed by atoms with Gasteiger partial charge in [-0.05, 0) is 32.9 Å². The molecule has 0 unspecified atom stereocenters. The van der Waals surface area contributed by atoms with Crippen molar-refractivity contribution in [2.45, 2.75) is 26.4 Å². The quantitative estimate of drug-likeness (QED) is 0.149. The van der Waals surface area contributed by atoms with Gasteiger partial charge < -0.3 is 26.0 Å². The Bertz CT molecular complexity index is 742. The van der Waals surface area contributed by atoms with E-state index >= 15 is 0 Å². The molecule has 1 aromatic carbocycles. The van der Waals surface area contributed by atoms with Gasteiger partial charge >= 0.3 is 6.09 Å². The number of aliphatic imine (C=N–C) groups is 1. The molecule has 0 radical (unpaired) electrons. The molecular weight excluding hydrogens is 506 g/mol. The van der Waals surface area contributed by atoms with Gasteiger partial charge in [0.2, 0.25) is 5.91 Å². The third kappa shape index (κ3) is 10.2. The van der Waals surface area contributed by atoms with E-state index in [0.717, 1.165) is 6.07 Å². The fourth-order valence-corrected chi connectivity index (χ4v) is 1.86. The summed E-state index contributed by atoms with van der Waals surface area (Å²) >= 11 is 0. The summed E-state index contributed by atoms with van der Waals surface area (Å²) in [5.41, 5.74) is -1.08. The van der Waals surface area contributed by atoms with Gasteiger partial charge in [0.25, 0.3) is 0 Å². The van der Waals surface area contributed by atoms with Gasteiger partial charge in [-0.25, -0.2) is 18.0 Å². The number of benzene rings is 1. The van der Waals surface area contributed by atoms with Crippen LogP contribution in [-0.2, 0) is 9.53 Å². The van der Waals surface area contributed by atoms with Gasteiger partial charge in [-0.2, -0.15) is 0 Å². The van der Waals surface area contributed by atoms with Crippen LogP contribution in [0.1, 0.15) is 20.8 Å². The van der Waals surface area contributed by atoms with E-state index < -0.39 is 40.7 Å². The molecule has 0 heterocycles. The number of alkyl carbamates (subject to hydrolysis) is 1. The van der Waals surface area contributed by atoms with Crippen LogP contribution in [0.3, 0.4) is 0 Å². The Kier molecular flexibility index (Phi) is 11.4. The number of carbonyl (C=O) groups excluding carboxylic acids is 2. The highest BCUT2D eigenvalue weighted by Crippen LogP contribution is 2.19. The largest absolute Gasteiger partial charge is 0.444 e. The second kappa shape index (κ2) is 12.3. The summed E-state index contributed by atoms with van der Waals surface area (Å²) in [7, 11) is 1.46. The fourth-order valence-electron chi connectivity index (χ4n) is 1.86. The highest BCUT2D eigenvalue weighted by Gasteiger charge is 2.16. The van der Waals surface area contributed by atoms with Crippen molar-refractivity contribution in [3.8, 4) is 0 Å². The van der Waals surface area contributed by atoms with E-state index in [9.17, 15) is 22.8 Å². The van der Waals surface area contributed by atoms with E-state index in [1.807, 2.05) is 0 Å². The molecule has 0 bridgehead atoms. The molecule has 0 aliphatic heterocycles. The summed E-state index contributed by atoms with van der Waals surface area (Å²) < 4.78 is 44.6. The first-order valence-electron chi connectivity index (χ1n) is 8.38. The first-order valence-corrected chi connectivity index (χ1v) is 8.38. The molecular formula is C17H25F3IN5O3. The lowest BCUT2D eigenvalue weighted by molar-refractivity contribution is -0.115. The van der Waals surface area contributed by atoms with E-state index in [4.69, 9.17) is 4.74 Å². The Morgan fingerprint density at radius 2 is 1.66 bits per heavy atom. The SMILES string of the molecule is CN=C(NCCNC(=O)OC(C)(C)C)NCC(=O)Nc1ccc(F)c(F)c1F.I. The average molecular weight is 531 g/mol. The topological polar surface area (TPSA) is 104 Å². The average Bonchev–Trinajstić information content (AvgIpc) is 2.60. The molecule has 2 amide bonds. The minimum absolute atomic E-state index is 0. The minimum Gasteiger partial charge on any atom is -0.444 e. The van der Waals surface area contributed by atoms with Crippen LogP contribution in [0.5, 0.6) is 0 Å². The molecule has 0 saturated carbocycles. The highest BCUT2D eigenvalue weighted by atomic mass is 127. The van der Waals surface area contributed by atoms with Crippen molar-refractivity contribution in [3.63, 3.8) is 0 Å². The fraction of sp³-hybridized carbons (Fsp3) is 0.471. The van der Waals surface area contributed by atoms with E-state index in [2.05, 4.69) is 26.3 Å². The van der Waals surface area contributed by atoms with Crippen molar-refractivity contribution in [1.82, 2.24) is 16.0 Å². The van der Waals surface area contributed by atoms with Crippen LogP contribution in [-0.4, -0.2) is 50.2 Å². The molecule has 8 nitrogen and oxygen atoms in total. The summed E-state index contributed by atoms with van der Waals surface area (Å²) in [6.45, 7) is 5.45. The number of ether oxygens (including phenoxy) is 1. The van der Waals surface area contributed by atoms with E-state index in [-0.39, 0.29) is 43.0 Å². The predicted octanol–water partition coefficient (Wildman–Crippen LogP) is 2.35. The van der Waals surface area contributed by atoms with Crippen LogP contribution < -0.4 is 21.3 Å². The number of nitrogens with zero attached hydrogens (tertiary/aromatic N) is 1. The number of carbonyl (C=O) groups is 2. The molecule has 0 aromatic heterocycles. The molecule has 164 valence electrons. The lowest BCUT2D eigenvalue weighted by Gasteiger charge is -2.19. The van der Waals surface area contributed by atoms with Gasteiger partial charge in [0.05, 0.1) is 12.2 Å². The van der Waals surface area contributed by atoms with Crippen LogP contribution in [0.4, 0.5) is 23.7 Å². The van der Waals surface area contributed by atoms with Crippen molar-refractivity contribution in [2.75, 3.05) is 32.0 Å². The Balaban J connectivity index is 0.00000784. The summed E-state index contributed by atoms with van der Waals surface area (Å²) in [6, 6.07) is 1.63. The van der Waals surface area contributed by atoms with Crippen molar-refractivity contribution < 1.29 is 27.5 Å². The maximum absolute atomic E-state index is 13.5. The Morgan fingerprint density at radius 1 is 1.03 bits per heavy atom. The number of guanidine groups is 1. The Morgan fingerprint density at radius 3 is 2.24 bits per heavy atom. The second-order valence-electron chi connectivity index (χ2n) is 6.55. The zero-order valence-electron chi connectivity index (χ0n) is 16.5. The number of rotatable bonds is 6. The molecule has 0 fully saturated rings. The normalized spacial score (nSPS) is 11.2. The van der Waals surface area contributed by atoms with Gasteiger partial charge in [0.15, 0.2) is 23.4 Å². The monoisotopic (exact) mass is 531 g/mol. The Labute approximate surface area is 184 Å². The number of nitrogens with one attached hydrogen (secondary N) is 4. The first-order chi connectivity index (χ1) is 13.0. The van der Waals surface area contributed by atoms with Crippen LogP contribution in [0.2, 0.25) is 0 Å². The second-order valence-corrected chi connectivity index (χ2v) is 6.55. The van der Waals surface area contributed by atoms with Gasteiger partial charge in [-0.1, -0.05) is 0 Å². The maximum atomic E-state index is 13.5. The van der Waals surface area contributed by atoms with Crippen molar-refractivity contribution in [2.24, 2.45) is 4.99 Å². The lowest BCUT2D eigenvalue weighted by atomic mass is 10.2. The number of hydrogen-bond donors (Lipinski definition) is 4. The highest BCUT2D eigenvalue weighted by molar-refractivity contribution is 14.0. The molecule has 0 saturated heterocycles. The van der Waals surface area contributed by atoms with Gasteiger partial charge in [0.1, 0.15) is 5.60 Å². The van der Waals surface area contributed by atoms with Gasteiger partial charge in [-0.15, -0.1) is 24.0 Å². The molecule has 0 aliphatic carbocycles. The third-order valence-electron chi connectivity index (χ3n) is 3.03. The van der Waals surface area contributed by atoms with Crippen LogP contribution >= 0.6 is 24.0 Å². The number of hydrogen-bond acceptors (Lipinski definition) is 4. The van der Waals surface area contributed by atoms with E-state index in [1.54, 1.807) is 20.8 Å². The minimum atomic E-state index is -1.67.